The summed E-state index contributed by atoms with van der Waals surface area (Å²) in [7, 11) is 3.38. The topological polar surface area (TPSA) is 96.3 Å². The van der Waals surface area contributed by atoms with E-state index >= 15 is 8.78 Å². The van der Waals surface area contributed by atoms with Crippen molar-refractivity contribution in [2.24, 2.45) is 0 Å². The van der Waals surface area contributed by atoms with E-state index < -0.39 is 17.4 Å². The Balaban J connectivity index is 1.43. The van der Waals surface area contributed by atoms with Crippen LogP contribution < -0.4 is 15.0 Å². The Hall–Kier alpha value is -3.40. The van der Waals surface area contributed by atoms with Crippen LogP contribution in [0.4, 0.5) is 14.6 Å². The maximum absolute atomic E-state index is 15.1. The minimum atomic E-state index is -1.23. The Kier molecular flexibility index (Phi) is 5.58. The molecule has 1 aromatic carbocycles. The van der Waals surface area contributed by atoms with Crippen LogP contribution in [0.2, 0.25) is 0 Å². The van der Waals surface area contributed by atoms with Crippen LogP contribution in [0.25, 0.3) is 22.5 Å². The number of ether oxygens (including phenoxy) is 1. The molecule has 3 aromatic rings. The number of hydrogen-bond acceptors (Lipinski definition) is 8. The molecule has 0 radical (unpaired) electrons. The third-order valence-corrected chi connectivity index (χ3v) is 7.33. The third-order valence-electron chi connectivity index (χ3n) is 7.33. The number of aromatic nitrogens is 4. The molecule has 2 aliphatic heterocycles. The number of nitrogens with zero attached hydrogens (tertiary/aromatic N) is 5. The van der Waals surface area contributed by atoms with Gasteiger partial charge in [0.15, 0.2) is 17.5 Å². The van der Waals surface area contributed by atoms with E-state index in [0.29, 0.717) is 5.82 Å². The second-order valence-electron chi connectivity index (χ2n) is 10.1. The van der Waals surface area contributed by atoms with Crippen LogP contribution in [0.3, 0.4) is 0 Å². The molecule has 0 amide bonds. The lowest BCUT2D eigenvalue weighted by atomic mass is 9.84. The fraction of sp³-hybridized carbons (Fsp3) is 0.440. The van der Waals surface area contributed by atoms with E-state index in [1.807, 2.05) is 7.05 Å². The Bertz CT molecular complexity index is 1260. The number of halogens is 2. The summed E-state index contributed by atoms with van der Waals surface area (Å²) in [5.41, 5.74) is -0.253. The second-order valence-corrected chi connectivity index (χ2v) is 10.1. The van der Waals surface area contributed by atoms with Gasteiger partial charge in [0.25, 0.3) is 0 Å². The molecule has 5 rings (SSSR count). The number of methoxy groups -OCH3 is 1. The first-order valence-electron chi connectivity index (χ1n) is 11.5. The zero-order valence-corrected chi connectivity index (χ0v) is 20.1. The fourth-order valence-electron chi connectivity index (χ4n) is 5.57. The summed E-state index contributed by atoms with van der Waals surface area (Å²) in [6.07, 6.45) is 5.42. The van der Waals surface area contributed by atoms with Crippen molar-refractivity contribution < 1.29 is 18.6 Å². The molecule has 2 saturated heterocycles. The molecule has 0 spiro atoms. The minimum absolute atomic E-state index is 0.0344. The normalized spacial score (nSPS) is 25.5. The fourth-order valence-corrected chi connectivity index (χ4v) is 5.57. The van der Waals surface area contributed by atoms with Crippen molar-refractivity contribution in [3.05, 3.63) is 42.2 Å². The van der Waals surface area contributed by atoms with E-state index in [1.54, 1.807) is 12.1 Å². The van der Waals surface area contributed by atoms with E-state index in [4.69, 9.17) is 4.74 Å². The van der Waals surface area contributed by atoms with E-state index in [9.17, 15) is 5.11 Å². The van der Waals surface area contributed by atoms with Crippen LogP contribution >= 0.6 is 0 Å². The number of phenols is 1. The van der Waals surface area contributed by atoms with E-state index in [1.165, 1.54) is 19.5 Å². The van der Waals surface area contributed by atoms with Crippen LogP contribution in [0.1, 0.15) is 39.5 Å². The zero-order valence-electron chi connectivity index (χ0n) is 20.1. The van der Waals surface area contributed by atoms with E-state index in [-0.39, 0.29) is 45.5 Å². The first-order chi connectivity index (χ1) is 16.6. The molecule has 4 heterocycles. The lowest BCUT2D eigenvalue weighted by Gasteiger charge is -2.45. The van der Waals surface area contributed by atoms with Crippen LogP contribution in [0.15, 0.2) is 30.6 Å². The van der Waals surface area contributed by atoms with Crippen molar-refractivity contribution in [3.8, 4) is 34.1 Å². The van der Waals surface area contributed by atoms with Crippen LogP contribution in [0, 0.1) is 11.6 Å². The molecule has 8 nitrogen and oxygen atoms in total. The smallest absolute Gasteiger partial charge is 0.216 e. The van der Waals surface area contributed by atoms with Crippen molar-refractivity contribution >= 4 is 5.82 Å². The minimum Gasteiger partial charge on any atom is -0.507 e. The molecular weight excluding hydrogens is 454 g/mol. The number of nitrogens with one attached hydrogen (secondary N) is 1. The molecule has 0 unspecified atom stereocenters. The van der Waals surface area contributed by atoms with Crippen LogP contribution in [-0.4, -0.2) is 56.5 Å². The summed E-state index contributed by atoms with van der Waals surface area (Å²) in [6, 6.07) is 6.01. The predicted octanol–water partition coefficient (Wildman–Crippen LogP) is 4.09. The highest BCUT2D eigenvalue weighted by Crippen LogP contribution is 2.44. The highest BCUT2D eigenvalue weighted by molar-refractivity contribution is 5.74. The molecule has 10 heteroatoms. The zero-order chi connectivity index (χ0) is 25.0. The van der Waals surface area contributed by atoms with E-state index in [0.717, 1.165) is 31.7 Å². The first kappa shape index (κ1) is 23.3. The van der Waals surface area contributed by atoms with Crippen molar-refractivity contribution in [1.29, 1.82) is 0 Å². The number of anilines is 1. The van der Waals surface area contributed by atoms with Crippen molar-refractivity contribution in [1.82, 2.24) is 25.5 Å². The summed E-state index contributed by atoms with van der Waals surface area (Å²) in [5.74, 6) is -2.04. The van der Waals surface area contributed by atoms with Gasteiger partial charge in [-0.15, -0.1) is 10.2 Å². The van der Waals surface area contributed by atoms with Gasteiger partial charge in [-0.05, 0) is 57.7 Å². The van der Waals surface area contributed by atoms with Crippen molar-refractivity contribution in [2.75, 3.05) is 19.1 Å². The Morgan fingerprint density at radius 2 is 1.74 bits per heavy atom. The van der Waals surface area contributed by atoms with Gasteiger partial charge in [0.05, 0.1) is 24.1 Å². The van der Waals surface area contributed by atoms with Crippen molar-refractivity contribution in [3.63, 3.8) is 0 Å². The second kappa shape index (κ2) is 8.37. The van der Waals surface area contributed by atoms with Gasteiger partial charge >= 0.3 is 0 Å². The Labute approximate surface area is 202 Å². The van der Waals surface area contributed by atoms with Crippen LogP contribution in [-0.2, 0) is 0 Å². The molecular formula is C25H28F2N6O2. The monoisotopic (exact) mass is 482 g/mol. The number of phenolic OH excluding ortho intramolecular Hbond substituents is 1. The standard InChI is InChI=1S/C25H28F2N6O2/c1-24-7-8-25(2,32-24)12-14(11-24)33(3)19-6-5-16(30-31-19)21-18(34)9-15(22(26)23(21)27)17-10-20(35-4)29-13-28-17/h5-6,9-10,13-14,32,34H,7-8,11-12H2,1-4H3/t14-,24+,25-. The Morgan fingerprint density at radius 3 is 2.37 bits per heavy atom. The molecule has 2 aromatic heterocycles. The van der Waals surface area contributed by atoms with Gasteiger partial charge in [-0.2, -0.15) is 0 Å². The summed E-state index contributed by atoms with van der Waals surface area (Å²) < 4.78 is 35.1. The summed E-state index contributed by atoms with van der Waals surface area (Å²) in [6.45, 7) is 4.52. The molecule has 2 N–H and O–H groups in total. The van der Waals surface area contributed by atoms with Crippen molar-refractivity contribution in [2.45, 2.75) is 56.7 Å². The molecule has 2 bridgehead atoms. The van der Waals surface area contributed by atoms with Gasteiger partial charge in [0.1, 0.15) is 12.1 Å². The highest BCUT2D eigenvalue weighted by atomic mass is 19.2. The number of aromatic hydroxyl groups is 1. The molecule has 184 valence electrons. The number of fused-ring (bicyclic) bond motifs is 2. The maximum atomic E-state index is 15.1. The molecule has 2 fully saturated rings. The lowest BCUT2D eigenvalue weighted by Crippen LogP contribution is -2.58. The largest absolute Gasteiger partial charge is 0.507 e. The average molecular weight is 483 g/mol. The quantitative estimate of drug-likeness (QED) is 0.561. The summed E-state index contributed by atoms with van der Waals surface area (Å²) in [4.78, 5) is 9.92. The third kappa shape index (κ3) is 4.16. The molecule has 0 aliphatic carbocycles. The predicted molar refractivity (Wildman–Crippen MR) is 127 cm³/mol. The maximum Gasteiger partial charge on any atom is 0.216 e. The number of rotatable bonds is 5. The number of piperidine rings is 1. The number of hydrogen-bond donors (Lipinski definition) is 2. The average Bonchev–Trinajstić information content (AvgIpc) is 3.07. The SMILES string of the molecule is COc1cc(-c2cc(O)c(-c3ccc(N(C)[C@@H]4C[C@]5(C)CC[C@](C)(C4)N5)nn3)c(F)c2F)ncn1. The van der Waals surface area contributed by atoms with Gasteiger partial charge in [0, 0.05) is 35.8 Å². The first-order valence-corrected chi connectivity index (χ1v) is 11.5. The van der Waals surface area contributed by atoms with Crippen LogP contribution in [0.5, 0.6) is 11.6 Å². The summed E-state index contributed by atoms with van der Waals surface area (Å²) >= 11 is 0. The Morgan fingerprint density at radius 1 is 1.03 bits per heavy atom. The van der Waals surface area contributed by atoms with Gasteiger partial charge in [-0.25, -0.2) is 18.7 Å². The van der Waals surface area contributed by atoms with Gasteiger partial charge in [-0.3, -0.25) is 0 Å². The van der Waals surface area contributed by atoms with E-state index in [2.05, 4.69) is 44.2 Å². The van der Waals surface area contributed by atoms with Gasteiger partial charge in [0.2, 0.25) is 5.88 Å². The number of benzene rings is 1. The molecule has 0 saturated carbocycles. The molecule has 3 atom stereocenters. The molecule has 35 heavy (non-hydrogen) atoms. The van der Waals surface area contributed by atoms with Gasteiger partial charge < -0.3 is 20.1 Å². The van der Waals surface area contributed by atoms with Gasteiger partial charge in [-0.1, -0.05) is 0 Å². The molecule has 2 aliphatic rings. The lowest BCUT2D eigenvalue weighted by molar-refractivity contribution is 0.207. The summed E-state index contributed by atoms with van der Waals surface area (Å²) in [5, 5.41) is 22.7. The highest BCUT2D eigenvalue weighted by Gasteiger charge is 2.49.